The number of amides is 1. The number of nitrogens with zero attached hydrogens (tertiary/aromatic N) is 5. The van der Waals surface area contributed by atoms with Crippen LogP contribution in [0.4, 0.5) is 4.39 Å². The van der Waals surface area contributed by atoms with Gasteiger partial charge < -0.3 is 18.8 Å². The Balaban J connectivity index is 1.37. The van der Waals surface area contributed by atoms with Crippen LogP contribution < -0.4 is 4.74 Å². The standard InChI is InChI=1S/C30H34FN7O2S/c1-18(32)41-26(33)10-14-40-25-6-3-5-20-15-24(38(27(20)25)17-19-7-8-19)29-35-23-16-21-22(34-28(23)36(29)2)9-13-37(30(21)39)12-4-11-31/h3,5-6,15-16,19,32-33H,4,7-14,17H2,1-2H3. The molecule has 1 aromatic carbocycles. The van der Waals surface area contributed by atoms with Crippen molar-refractivity contribution in [2.45, 2.75) is 45.6 Å². The highest BCUT2D eigenvalue weighted by Gasteiger charge is 2.29. The van der Waals surface area contributed by atoms with Crippen LogP contribution >= 0.6 is 11.8 Å². The Morgan fingerprint density at radius 2 is 2.05 bits per heavy atom. The summed E-state index contributed by atoms with van der Waals surface area (Å²) in [5.74, 6) is 2.04. The Labute approximate surface area is 242 Å². The highest BCUT2D eigenvalue weighted by Crippen LogP contribution is 2.39. The second-order valence-corrected chi connectivity index (χ2v) is 12.2. The molecule has 0 bridgehead atoms. The van der Waals surface area contributed by atoms with Gasteiger partial charge in [0.05, 0.1) is 45.8 Å². The lowest BCUT2D eigenvalue weighted by molar-refractivity contribution is 0.0733. The van der Waals surface area contributed by atoms with E-state index in [0.717, 1.165) is 57.8 Å². The number of aryl methyl sites for hydroxylation is 1. The first-order chi connectivity index (χ1) is 19.8. The van der Waals surface area contributed by atoms with Crippen LogP contribution in [-0.4, -0.2) is 66.4 Å². The largest absolute Gasteiger partial charge is 0.491 e. The van der Waals surface area contributed by atoms with E-state index in [0.29, 0.717) is 66.0 Å². The highest BCUT2D eigenvalue weighted by molar-refractivity contribution is 8.26. The van der Waals surface area contributed by atoms with Gasteiger partial charge in [0, 0.05) is 44.9 Å². The number of imidazole rings is 1. The Kier molecular flexibility index (Phi) is 7.54. The van der Waals surface area contributed by atoms with E-state index >= 15 is 0 Å². The summed E-state index contributed by atoms with van der Waals surface area (Å²) in [6.07, 6.45) is 3.81. The molecule has 1 saturated carbocycles. The predicted molar refractivity (Wildman–Crippen MR) is 161 cm³/mol. The smallest absolute Gasteiger partial charge is 0.255 e. The van der Waals surface area contributed by atoms with Crippen LogP contribution in [0.3, 0.4) is 0 Å². The van der Waals surface area contributed by atoms with Gasteiger partial charge in [0.1, 0.15) is 11.3 Å². The van der Waals surface area contributed by atoms with Gasteiger partial charge in [-0.1, -0.05) is 23.9 Å². The first-order valence-corrected chi connectivity index (χ1v) is 14.9. The Morgan fingerprint density at radius 1 is 1.22 bits per heavy atom. The van der Waals surface area contributed by atoms with Crippen molar-refractivity contribution in [2.24, 2.45) is 13.0 Å². The van der Waals surface area contributed by atoms with E-state index < -0.39 is 6.67 Å². The zero-order valence-corrected chi connectivity index (χ0v) is 24.2. The number of para-hydroxylation sites is 1. The number of thioether (sulfide) groups is 1. The van der Waals surface area contributed by atoms with Gasteiger partial charge in [-0.2, -0.15) is 0 Å². The van der Waals surface area contributed by atoms with Crippen LogP contribution in [0.5, 0.6) is 5.75 Å². The normalized spacial score (nSPS) is 15.1. The summed E-state index contributed by atoms with van der Waals surface area (Å²) in [6, 6.07) is 10.0. The lowest BCUT2D eigenvalue weighted by atomic mass is 10.0. The molecule has 9 nitrogen and oxygen atoms in total. The number of nitrogens with one attached hydrogen (secondary N) is 2. The lowest BCUT2D eigenvalue weighted by Crippen LogP contribution is -2.38. The van der Waals surface area contributed by atoms with Crippen molar-refractivity contribution in [3.05, 3.63) is 41.6 Å². The van der Waals surface area contributed by atoms with E-state index in [2.05, 4.69) is 16.7 Å². The molecule has 3 aromatic heterocycles. The second kappa shape index (κ2) is 11.3. The predicted octanol–water partition coefficient (Wildman–Crippen LogP) is 5.83. The first-order valence-electron chi connectivity index (χ1n) is 14.1. The number of carbonyl (C=O) groups excluding carboxylic acids is 1. The van der Waals surface area contributed by atoms with Crippen LogP contribution in [0.15, 0.2) is 30.3 Å². The summed E-state index contributed by atoms with van der Waals surface area (Å²) < 4.78 is 23.3. The maximum absolute atomic E-state index is 13.1. The molecule has 0 unspecified atom stereocenters. The fourth-order valence-corrected chi connectivity index (χ4v) is 6.11. The van der Waals surface area contributed by atoms with E-state index in [1.54, 1.807) is 11.8 Å². The molecule has 1 aliphatic heterocycles. The average molecular weight is 576 g/mol. The molecule has 41 heavy (non-hydrogen) atoms. The van der Waals surface area contributed by atoms with Gasteiger partial charge in [0.2, 0.25) is 0 Å². The van der Waals surface area contributed by atoms with E-state index in [9.17, 15) is 9.18 Å². The minimum absolute atomic E-state index is 0.104. The van der Waals surface area contributed by atoms with Crippen LogP contribution in [0.25, 0.3) is 33.6 Å². The molecule has 1 aliphatic carbocycles. The summed E-state index contributed by atoms with van der Waals surface area (Å²) in [5, 5.41) is 17.5. The number of pyridine rings is 1. The number of rotatable bonds is 10. The van der Waals surface area contributed by atoms with Crippen molar-refractivity contribution < 1.29 is 13.9 Å². The summed E-state index contributed by atoms with van der Waals surface area (Å²) in [4.78, 5) is 24.7. The summed E-state index contributed by atoms with van der Waals surface area (Å²) in [5.41, 5.74) is 4.71. The summed E-state index contributed by atoms with van der Waals surface area (Å²) in [7, 11) is 1.97. The van der Waals surface area contributed by atoms with Crippen molar-refractivity contribution in [1.82, 2.24) is 24.0 Å². The minimum atomic E-state index is -0.438. The SMILES string of the molecule is CC(=N)SC(=N)CCOc1cccc2cc(-c3nc4cc5c(nc4n3C)CCN(CCCF)C5=O)n(CC3CC3)c12. The molecule has 0 atom stereocenters. The van der Waals surface area contributed by atoms with E-state index in [1.807, 2.05) is 29.8 Å². The van der Waals surface area contributed by atoms with Crippen LogP contribution in [0, 0.1) is 16.7 Å². The monoisotopic (exact) mass is 575 g/mol. The number of halogens is 1. The number of carbonyl (C=O) groups is 1. The molecule has 2 aliphatic rings. The number of alkyl halides is 1. The number of fused-ring (bicyclic) bond motifs is 3. The molecule has 11 heteroatoms. The second-order valence-electron chi connectivity index (χ2n) is 10.9. The third-order valence-electron chi connectivity index (χ3n) is 7.73. The molecule has 1 fully saturated rings. The molecule has 2 N–H and O–H groups in total. The maximum Gasteiger partial charge on any atom is 0.255 e. The molecule has 6 rings (SSSR count). The molecule has 0 radical (unpaired) electrons. The van der Waals surface area contributed by atoms with Gasteiger partial charge >= 0.3 is 0 Å². The third kappa shape index (κ3) is 5.47. The Bertz CT molecular complexity index is 1670. The van der Waals surface area contributed by atoms with E-state index in [-0.39, 0.29) is 5.91 Å². The van der Waals surface area contributed by atoms with Crippen molar-refractivity contribution in [3.63, 3.8) is 0 Å². The van der Waals surface area contributed by atoms with Crippen molar-refractivity contribution in [3.8, 4) is 17.3 Å². The average Bonchev–Trinajstić information content (AvgIpc) is 3.61. The Hall–Kier alpha value is -3.73. The quantitative estimate of drug-likeness (QED) is 0.182. The topological polar surface area (TPSA) is 113 Å². The number of hydrogen-bond donors (Lipinski definition) is 2. The zero-order chi connectivity index (χ0) is 28.7. The molecule has 4 heterocycles. The van der Waals surface area contributed by atoms with Gasteiger partial charge in [-0.3, -0.25) is 20.0 Å². The van der Waals surface area contributed by atoms with Crippen LogP contribution in [0.2, 0.25) is 0 Å². The fourth-order valence-electron chi connectivity index (χ4n) is 5.56. The van der Waals surface area contributed by atoms with Gasteiger partial charge in [-0.05, 0) is 50.3 Å². The van der Waals surface area contributed by atoms with Crippen molar-refractivity contribution in [2.75, 3.05) is 26.4 Å². The molecule has 0 spiro atoms. The van der Waals surface area contributed by atoms with Gasteiger partial charge in [0.15, 0.2) is 11.5 Å². The first kappa shape index (κ1) is 27.4. The molecular formula is C30H34FN7O2S. The molecule has 214 valence electrons. The lowest BCUT2D eigenvalue weighted by Gasteiger charge is -2.27. The zero-order valence-electron chi connectivity index (χ0n) is 23.4. The molecule has 4 aromatic rings. The van der Waals surface area contributed by atoms with Crippen LogP contribution in [-0.2, 0) is 20.0 Å². The van der Waals surface area contributed by atoms with Crippen molar-refractivity contribution in [1.29, 1.82) is 10.8 Å². The molecule has 1 amide bonds. The third-order valence-corrected chi connectivity index (χ3v) is 8.49. The van der Waals surface area contributed by atoms with Gasteiger partial charge in [-0.25, -0.2) is 9.97 Å². The van der Waals surface area contributed by atoms with Gasteiger partial charge in [-0.15, -0.1) is 0 Å². The van der Waals surface area contributed by atoms with Crippen LogP contribution in [0.1, 0.15) is 48.7 Å². The maximum atomic E-state index is 13.1. The number of benzene rings is 1. The fraction of sp³-hybridized carbons (Fsp3) is 0.433. The Morgan fingerprint density at radius 3 is 2.80 bits per heavy atom. The molecule has 0 saturated heterocycles. The highest BCUT2D eigenvalue weighted by atomic mass is 32.2. The van der Waals surface area contributed by atoms with E-state index in [4.69, 9.17) is 25.5 Å². The number of aromatic nitrogens is 4. The van der Waals surface area contributed by atoms with Gasteiger partial charge in [0.25, 0.3) is 5.91 Å². The molecular weight excluding hydrogens is 541 g/mol. The summed E-state index contributed by atoms with van der Waals surface area (Å²) in [6.45, 7) is 3.42. The summed E-state index contributed by atoms with van der Waals surface area (Å²) >= 11 is 1.16. The minimum Gasteiger partial charge on any atom is -0.491 e. The van der Waals surface area contributed by atoms with Crippen molar-refractivity contribution >= 4 is 49.8 Å². The number of hydrogen-bond acceptors (Lipinski definition) is 7. The van der Waals surface area contributed by atoms with E-state index in [1.165, 1.54) is 12.8 Å². The number of ether oxygens (including phenoxy) is 1.